The van der Waals surface area contributed by atoms with E-state index in [2.05, 4.69) is 38.2 Å². The van der Waals surface area contributed by atoms with E-state index >= 15 is 0 Å². The molecule has 0 atom stereocenters. The molecule has 1 heterocycles. The van der Waals surface area contributed by atoms with Gasteiger partial charge in [-0.25, -0.2) is 0 Å². The van der Waals surface area contributed by atoms with Crippen LogP contribution in [-0.2, 0) is 18.1 Å². The molecule has 114 valence electrons. The van der Waals surface area contributed by atoms with E-state index in [1.54, 1.807) is 0 Å². The molecule has 0 bridgehead atoms. The first-order valence-electron chi connectivity index (χ1n) is 7.08. The molecular weight excluding hydrogens is 302 g/mol. The average Bonchev–Trinajstić information content (AvgIpc) is 2.86. The van der Waals surface area contributed by atoms with Gasteiger partial charge < -0.3 is 9.73 Å². The zero-order valence-corrected chi connectivity index (χ0v) is 14.4. The first kappa shape index (κ1) is 16.5. The van der Waals surface area contributed by atoms with Crippen LogP contribution in [0.25, 0.3) is 0 Å². The van der Waals surface area contributed by atoms with Gasteiger partial charge in [0.25, 0.3) is 0 Å². The molecule has 0 aliphatic carbocycles. The Balaban J connectivity index is 1.79. The lowest BCUT2D eigenvalue weighted by Gasteiger charge is -2.19. The second kappa shape index (κ2) is 7.39. The Morgan fingerprint density at radius 1 is 1.05 bits per heavy atom. The fraction of sp³-hybridized carbons (Fsp3) is 0.412. The molecule has 0 fully saturated rings. The van der Waals surface area contributed by atoms with E-state index in [1.807, 2.05) is 36.0 Å². The molecule has 1 N–H and O–H groups in total. The summed E-state index contributed by atoms with van der Waals surface area (Å²) in [6.45, 7) is 7.21. The van der Waals surface area contributed by atoms with E-state index in [0.29, 0.717) is 0 Å². The van der Waals surface area contributed by atoms with Gasteiger partial charge in [-0.15, -0.1) is 11.8 Å². The Hall–Kier alpha value is -0.900. The monoisotopic (exact) mass is 323 g/mol. The van der Waals surface area contributed by atoms with Gasteiger partial charge in [-0.05, 0) is 44.5 Å². The lowest BCUT2D eigenvalue weighted by atomic mass is 10.1. The van der Waals surface area contributed by atoms with Crippen molar-refractivity contribution in [1.29, 1.82) is 0 Å². The molecule has 1 aromatic carbocycles. The van der Waals surface area contributed by atoms with Crippen LogP contribution in [0.15, 0.2) is 40.8 Å². The molecule has 0 amide bonds. The molecular formula is C17H22ClNOS. The Kier molecular flexibility index (Phi) is 5.80. The topological polar surface area (TPSA) is 25.2 Å². The molecule has 21 heavy (non-hydrogen) atoms. The normalized spacial score (nSPS) is 11.8. The van der Waals surface area contributed by atoms with Crippen molar-refractivity contribution in [3.8, 4) is 0 Å². The second-order valence-electron chi connectivity index (χ2n) is 6.06. The van der Waals surface area contributed by atoms with Gasteiger partial charge in [0.15, 0.2) is 0 Å². The maximum Gasteiger partial charge on any atom is 0.118 e. The van der Waals surface area contributed by atoms with Crippen molar-refractivity contribution in [2.75, 3.05) is 0 Å². The minimum atomic E-state index is 0.103. The second-order valence-corrected chi connectivity index (χ2v) is 7.45. The molecule has 0 unspecified atom stereocenters. The zero-order chi connectivity index (χ0) is 15.3. The van der Waals surface area contributed by atoms with Crippen LogP contribution in [-0.4, -0.2) is 5.54 Å². The van der Waals surface area contributed by atoms with Gasteiger partial charge in [0.1, 0.15) is 11.5 Å². The Morgan fingerprint density at radius 3 is 2.48 bits per heavy atom. The Morgan fingerprint density at radius 2 is 1.76 bits per heavy atom. The SMILES string of the molecule is CC(C)(C)NCc1ccc(CSCc2ccccc2Cl)o1. The standard InChI is InChI=1S/C17H22ClNOS/c1-17(2,3)19-10-14-8-9-15(20-14)12-21-11-13-6-4-5-7-16(13)18/h4-9,19H,10-12H2,1-3H3. The predicted octanol–water partition coefficient (Wildman–Crippen LogP) is 5.25. The highest BCUT2D eigenvalue weighted by Gasteiger charge is 2.10. The largest absolute Gasteiger partial charge is 0.464 e. The summed E-state index contributed by atoms with van der Waals surface area (Å²) < 4.78 is 5.83. The molecule has 4 heteroatoms. The van der Waals surface area contributed by atoms with E-state index < -0.39 is 0 Å². The van der Waals surface area contributed by atoms with Crippen molar-refractivity contribution < 1.29 is 4.42 Å². The number of hydrogen-bond donors (Lipinski definition) is 1. The van der Waals surface area contributed by atoms with Gasteiger partial charge in [0.2, 0.25) is 0 Å². The summed E-state index contributed by atoms with van der Waals surface area (Å²) in [5, 5.41) is 4.26. The van der Waals surface area contributed by atoms with Crippen molar-refractivity contribution in [2.45, 2.75) is 44.4 Å². The van der Waals surface area contributed by atoms with Gasteiger partial charge in [0.05, 0.1) is 12.3 Å². The number of rotatable bonds is 6. The summed E-state index contributed by atoms with van der Waals surface area (Å²) in [5.74, 6) is 3.76. The van der Waals surface area contributed by atoms with Crippen molar-refractivity contribution in [2.24, 2.45) is 0 Å². The van der Waals surface area contributed by atoms with Crippen LogP contribution in [0, 0.1) is 0 Å². The number of hydrogen-bond acceptors (Lipinski definition) is 3. The minimum Gasteiger partial charge on any atom is -0.464 e. The number of halogens is 1. The highest BCUT2D eigenvalue weighted by molar-refractivity contribution is 7.97. The van der Waals surface area contributed by atoms with Gasteiger partial charge in [-0.2, -0.15) is 0 Å². The van der Waals surface area contributed by atoms with Crippen LogP contribution in [0.4, 0.5) is 0 Å². The van der Waals surface area contributed by atoms with Crippen LogP contribution >= 0.6 is 23.4 Å². The molecule has 0 radical (unpaired) electrons. The maximum absolute atomic E-state index is 6.15. The van der Waals surface area contributed by atoms with E-state index in [1.165, 1.54) is 5.56 Å². The smallest absolute Gasteiger partial charge is 0.118 e. The van der Waals surface area contributed by atoms with Crippen molar-refractivity contribution in [3.05, 3.63) is 58.5 Å². The third-order valence-electron chi connectivity index (χ3n) is 2.97. The number of nitrogens with one attached hydrogen (secondary N) is 1. The van der Waals surface area contributed by atoms with E-state index in [-0.39, 0.29) is 5.54 Å². The number of benzene rings is 1. The summed E-state index contributed by atoms with van der Waals surface area (Å²) in [7, 11) is 0. The van der Waals surface area contributed by atoms with Crippen LogP contribution in [0.2, 0.25) is 5.02 Å². The lowest BCUT2D eigenvalue weighted by molar-refractivity contribution is 0.382. The highest BCUT2D eigenvalue weighted by Crippen LogP contribution is 2.24. The fourth-order valence-electron chi connectivity index (χ4n) is 1.82. The molecule has 0 aliphatic rings. The van der Waals surface area contributed by atoms with Gasteiger partial charge in [-0.1, -0.05) is 29.8 Å². The molecule has 2 rings (SSSR count). The van der Waals surface area contributed by atoms with Crippen LogP contribution in [0.3, 0.4) is 0 Å². The Bertz CT molecular complexity index is 574. The molecule has 0 saturated heterocycles. The quantitative estimate of drug-likeness (QED) is 0.785. The van der Waals surface area contributed by atoms with Crippen LogP contribution in [0.5, 0.6) is 0 Å². The van der Waals surface area contributed by atoms with Crippen LogP contribution in [0.1, 0.15) is 37.9 Å². The molecule has 1 aromatic heterocycles. The number of furan rings is 1. The van der Waals surface area contributed by atoms with E-state index in [4.69, 9.17) is 16.0 Å². The summed E-state index contributed by atoms with van der Waals surface area (Å²) in [5.41, 5.74) is 1.27. The highest BCUT2D eigenvalue weighted by atomic mass is 35.5. The molecule has 0 spiro atoms. The fourth-order valence-corrected chi connectivity index (χ4v) is 3.04. The van der Waals surface area contributed by atoms with Crippen LogP contribution < -0.4 is 5.32 Å². The molecule has 0 saturated carbocycles. The summed E-state index contributed by atoms with van der Waals surface area (Å²) in [6, 6.07) is 12.1. The van der Waals surface area contributed by atoms with Gasteiger partial charge in [-0.3, -0.25) is 0 Å². The molecule has 0 aliphatic heterocycles. The number of thioether (sulfide) groups is 1. The lowest BCUT2D eigenvalue weighted by Crippen LogP contribution is -2.34. The Labute approximate surface area is 136 Å². The minimum absolute atomic E-state index is 0.103. The first-order chi connectivity index (χ1) is 9.94. The maximum atomic E-state index is 6.15. The predicted molar refractivity (Wildman–Crippen MR) is 91.8 cm³/mol. The van der Waals surface area contributed by atoms with E-state index in [9.17, 15) is 0 Å². The third kappa shape index (κ3) is 5.77. The zero-order valence-electron chi connectivity index (χ0n) is 12.8. The third-order valence-corrected chi connectivity index (χ3v) is 4.34. The summed E-state index contributed by atoms with van der Waals surface area (Å²) >= 11 is 7.96. The molecule has 2 aromatic rings. The van der Waals surface area contributed by atoms with Crippen molar-refractivity contribution in [1.82, 2.24) is 5.32 Å². The van der Waals surface area contributed by atoms with Gasteiger partial charge >= 0.3 is 0 Å². The summed E-state index contributed by atoms with van der Waals surface area (Å²) in [4.78, 5) is 0. The van der Waals surface area contributed by atoms with Crippen molar-refractivity contribution >= 4 is 23.4 Å². The average molecular weight is 324 g/mol. The van der Waals surface area contributed by atoms with Crippen molar-refractivity contribution in [3.63, 3.8) is 0 Å². The van der Waals surface area contributed by atoms with E-state index in [0.717, 1.165) is 34.6 Å². The van der Waals surface area contributed by atoms with Gasteiger partial charge in [0, 0.05) is 16.3 Å². The summed E-state index contributed by atoms with van der Waals surface area (Å²) in [6.07, 6.45) is 0. The first-order valence-corrected chi connectivity index (χ1v) is 8.61. The molecule has 2 nitrogen and oxygen atoms in total.